The Morgan fingerprint density at radius 1 is 1.14 bits per heavy atom. The summed E-state index contributed by atoms with van der Waals surface area (Å²) in [4.78, 5) is 11.0. The lowest BCUT2D eigenvalue weighted by Gasteiger charge is -2.39. The molecule has 0 amide bonds. The van der Waals surface area contributed by atoms with Gasteiger partial charge in [0.2, 0.25) is 0 Å². The molecule has 4 rings (SSSR count). The molecule has 0 aliphatic carbocycles. The number of hydrogen-bond acceptors (Lipinski definition) is 9. The van der Waals surface area contributed by atoms with E-state index in [9.17, 15) is 4.55 Å². The minimum absolute atomic E-state index is 0.0535. The van der Waals surface area contributed by atoms with Gasteiger partial charge in [0.15, 0.2) is 12.0 Å². The van der Waals surface area contributed by atoms with Gasteiger partial charge >= 0.3 is 0 Å². The van der Waals surface area contributed by atoms with Crippen LogP contribution in [0.2, 0.25) is 15.1 Å². The van der Waals surface area contributed by atoms with Crippen LogP contribution >= 0.6 is 45.4 Å². The first-order valence-corrected chi connectivity index (χ1v) is 13.8. The second kappa shape index (κ2) is 10.6. The quantitative estimate of drug-likeness (QED) is 0.157. The summed E-state index contributed by atoms with van der Waals surface area (Å²) < 4.78 is 22.2. The van der Waals surface area contributed by atoms with Gasteiger partial charge in [-0.1, -0.05) is 34.8 Å². The second-order valence-corrected chi connectivity index (χ2v) is 11.8. The van der Waals surface area contributed by atoms with Crippen LogP contribution in [0.25, 0.3) is 0 Å². The van der Waals surface area contributed by atoms with Gasteiger partial charge in [-0.05, 0) is 24.6 Å². The predicted molar refractivity (Wildman–Crippen MR) is 146 cm³/mol. The summed E-state index contributed by atoms with van der Waals surface area (Å²) in [5.41, 5.74) is 13.8. The smallest absolute Gasteiger partial charge is 0.177 e. The summed E-state index contributed by atoms with van der Waals surface area (Å²) in [5.74, 6) is 0.826. The summed E-state index contributed by atoms with van der Waals surface area (Å²) in [6.45, 7) is 1.68. The van der Waals surface area contributed by atoms with E-state index >= 15 is 0 Å². The molecule has 2 atom stereocenters. The first-order chi connectivity index (χ1) is 17.0. The number of nitrogens with two attached hydrogens (primary N) is 2. The zero-order valence-electron chi connectivity index (χ0n) is 19.5. The molecule has 1 aliphatic rings. The maximum atomic E-state index is 10.9. The lowest BCUT2D eigenvalue weighted by Crippen LogP contribution is -2.38. The van der Waals surface area contributed by atoms with E-state index in [0.717, 1.165) is 19.5 Å². The number of nitrogens with zero attached hydrogens (tertiary/aromatic N) is 3. The predicted octanol–water partition coefficient (Wildman–Crippen LogP) is 5.51. The van der Waals surface area contributed by atoms with Crippen molar-refractivity contribution in [1.82, 2.24) is 9.97 Å². The van der Waals surface area contributed by atoms with Crippen LogP contribution in [0.1, 0.15) is 29.3 Å². The van der Waals surface area contributed by atoms with Gasteiger partial charge in [-0.15, -0.1) is 0 Å². The van der Waals surface area contributed by atoms with Crippen LogP contribution in [0.3, 0.4) is 0 Å². The van der Waals surface area contributed by atoms with Gasteiger partial charge in [0.05, 0.1) is 27.9 Å². The minimum atomic E-state index is -2.59. The van der Waals surface area contributed by atoms with E-state index in [1.165, 1.54) is 31.6 Å². The number of rotatable bonds is 8. The molecule has 36 heavy (non-hydrogen) atoms. The molecule has 0 radical (unpaired) electrons. The molecule has 9 nitrogen and oxygen atoms in total. The molecule has 6 N–H and O–H groups in total. The Hall–Kier alpha value is -2.31. The highest BCUT2D eigenvalue weighted by Gasteiger charge is 2.27. The largest absolute Gasteiger partial charge is 0.470 e. The maximum Gasteiger partial charge on any atom is 0.177 e. The van der Waals surface area contributed by atoms with E-state index in [4.69, 9.17) is 60.6 Å². The van der Waals surface area contributed by atoms with Gasteiger partial charge in [-0.2, -0.15) is 10.6 Å². The van der Waals surface area contributed by atoms with Crippen molar-refractivity contribution in [3.63, 3.8) is 0 Å². The van der Waals surface area contributed by atoms with Crippen LogP contribution in [0.5, 0.6) is 5.75 Å². The first-order valence-electron chi connectivity index (χ1n) is 10.7. The standard InChI is InChI=1S/C23H25Cl3N6O3S/c1-34-36(2,33)19-6-12(9-31-23(19)32-4-3-5-32)21(28)13-7-18(14(24)8-17(13)27)35-22(29)20-15(25)10-30-11-16(20)26/h6-11,22,28,33H,3-5,27,29H2,1-2H3/t22-/m0/s1. The van der Waals surface area contributed by atoms with Crippen LogP contribution in [0, 0.1) is 5.41 Å². The van der Waals surface area contributed by atoms with Crippen molar-refractivity contribution in [2.45, 2.75) is 17.5 Å². The number of anilines is 2. The Bertz CT molecular complexity index is 1300. The summed E-state index contributed by atoms with van der Waals surface area (Å²) in [5, 5.41) is 9.53. The molecule has 1 aliphatic heterocycles. The van der Waals surface area contributed by atoms with Gasteiger partial charge in [0, 0.05) is 60.3 Å². The van der Waals surface area contributed by atoms with E-state index in [1.54, 1.807) is 18.5 Å². The Morgan fingerprint density at radius 3 is 2.39 bits per heavy atom. The third-order valence-electron chi connectivity index (χ3n) is 5.81. The van der Waals surface area contributed by atoms with Crippen LogP contribution in [-0.4, -0.2) is 46.7 Å². The highest BCUT2D eigenvalue weighted by atomic mass is 35.5. The van der Waals surface area contributed by atoms with Crippen LogP contribution in [-0.2, 0) is 4.18 Å². The van der Waals surface area contributed by atoms with Crippen molar-refractivity contribution in [3.8, 4) is 5.75 Å². The number of ether oxygens (including phenoxy) is 1. The molecule has 0 spiro atoms. The van der Waals surface area contributed by atoms with E-state index in [0.29, 0.717) is 27.4 Å². The number of pyridine rings is 2. The van der Waals surface area contributed by atoms with Crippen LogP contribution in [0.4, 0.5) is 11.5 Å². The molecule has 3 heterocycles. The van der Waals surface area contributed by atoms with Crippen molar-refractivity contribution in [3.05, 3.63) is 68.5 Å². The molecule has 0 saturated carbocycles. The molecule has 1 saturated heterocycles. The van der Waals surface area contributed by atoms with Crippen molar-refractivity contribution >= 4 is 62.6 Å². The molecule has 1 aromatic carbocycles. The number of aromatic nitrogens is 2. The molecule has 13 heteroatoms. The summed E-state index contributed by atoms with van der Waals surface area (Å²) >= 11 is 18.8. The summed E-state index contributed by atoms with van der Waals surface area (Å²) in [7, 11) is -1.15. The normalized spacial score (nSPS) is 16.6. The van der Waals surface area contributed by atoms with Crippen molar-refractivity contribution in [2.24, 2.45) is 5.73 Å². The Balaban J connectivity index is 1.70. The molecule has 1 unspecified atom stereocenters. The zero-order chi connectivity index (χ0) is 26.2. The molecule has 1 fully saturated rings. The minimum Gasteiger partial charge on any atom is -0.470 e. The number of nitrogens with one attached hydrogen (secondary N) is 1. The van der Waals surface area contributed by atoms with Gasteiger partial charge < -0.3 is 15.4 Å². The Morgan fingerprint density at radius 2 is 1.81 bits per heavy atom. The lowest BCUT2D eigenvalue weighted by atomic mass is 10.0. The summed E-state index contributed by atoms with van der Waals surface area (Å²) in [6, 6.07) is 4.70. The van der Waals surface area contributed by atoms with E-state index in [1.807, 2.05) is 0 Å². The third-order valence-corrected chi connectivity index (χ3v) is 8.48. The molecular formula is C23H25Cl3N6O3S. The van der Waals surface area contributed by atoms with Crippen LogP contribution < -0.4 is 21.1 Å². The lowest BCUT2D eigenvalue weighted by molar-refractivity contribution is 0.214. The number of benzene rings is 1. The third kappa shape index (κ3) is 5.21. The summed E-state index contributed by atoms with van der Waals surface area (Å²) in [6.07, 6.45) is 5.99. The van der Waals surface area contributed by atoms with E-state index in [-0.39, 0.29) is 32.2 Å². The molecule has 2 aromatic heterocycles. The SMILES string of the molecule is COS(C)(O)c1cc(C(=N)c2cc(O[C@H](N)c3c(Cl)cncc3Cl)c(Cl)cc2N)cnc1N1CCC1. The Labute approximate surface area is 225 Å². The highest BCUT2D eigenvalue weighted by Crippen LogP contribution is 2.53. The van der Waals surface area contributed by atoms with Crippen molar-refractivity contribution in [1.29, 1.82) is 5.41 Å². The van der Waals surface area contributed by atoms with Gasteiger partial charge in [0.25, 0.3) is 0 Å². The number of nitrogen functional groups attached to an aromatic ring is 1. The highest BCUT2D eigenvalue weighted by molar-refractivity contribution is 8.24. The fourth-order valence-corrected chi connectivity index (χ4v) is 5.47. The van der Waals surface area contributed by atoms with E-state index < -0.39 is 16.8 Å². The average molecular weight is 572 g/mol. The van der Waals surface area contributed by atoms with Crippen molar-refractivity contribution in [2.75, 3.05) is 37.1 Å². The fraction of sp³-hybridized carbons (Fsp3) is 0.261. The molecule has 3 aromatic rings. The monoisotopic (exact) mass is 570 g/mol. The fourth-order valence-electron chi connectivity index (χ4n) is 3.63. The first kappa shape index (κ1) is 26.7. The van der Waals surface area contributed by atoms with Crippen LogP contribution in [0.15, 0.2) is 41.7 Å². The topological polar surface area (TPSA) is 144 Å². The maximum absolute atomic E-state index is 10.9. The zero-order valence-corrected chi connectivity index (χ0v) is 22.5. The van der Waals surface area contributed by atoms with Gasteiger partial charge in [0.1, 0.15) is 10.6 Å². The molecule has 192 valence electrons. The Kier molecular flexibility index (Phi) is 7.86. The van der Waals surface area contributed by atoms with E-state index in [2.05, 4.69) is 14.9 Å². The van der Waals surface area contributed by atoms with Gasteiger partial charge in [-0.25, -0.2) is 4.98 Å². The van der Waals surface area contributed by atoms with Crippen molar-refractivity contribution < 1.29 is 13.5 Å². The second-order valence-electron chi connectivity index (χ2n) is 8.16. The molecule has 0 bridgehead atoms. The number of hydrogen-bond donors (Lipinski definition) is 4. The van der Waals surface area contributed by atoms with Gasteiger partial charge in [-0.3, -0.25) is 24.9 Å². The average Bonchev–Trinajstić information content (AvgIpc) is 2.79. The number of halogens is 3. The molecular weight excluding hydrogens is 547 g/mol.